The number of hydrogen-bond donors (Lipinski definition) is 1. The Kier molecular flexibility index (Phi) is 8.05. The quantitative estimate of drug-likeness (QED) is 0.373. The van der Waals surface area contributed by atoms with Gasteiger partial charge in [-0.05, 0) is 55.3 Å². The van der Waals surface area contributed by atoms with Crippen LogP contribution < -0.4 is 14.8 Å². The fraction of sp³-hybridized carbons (Fsp3) is 0.200. The summed E-state index contributed by atoms with van der Waals surface area (Å²) in [6.07, 6.45) is 1.53. The predicted molar refractivity (Wildman–Crippen MR) is 122 cm³/mol. The number of benzene rings is 3. The number of amides is 1. The molecule has 1 amide bonds. The Bertz CT molecular complexity index is 1020. The molecule has 0 aliphatic heterocycles. The van der Waals surface area contributed by atoms with E-state index >= 15 is 0 Å². The van der Waals surface area contributed by atoms with Crippen molar-refractivity contribution < 1.29 is 19.1 Å². The van der Waals surface area contributed by atoms with E-state index in [-0.39, 0.29) is 12.5 Å². The van der Waals surface area contributed by atoms with Gasteiger partial charge in [-0.15, -0.1) is 0 Å². The first kappa shape index (κ1) is 21.9. The summed E-state index contributed by atoms with van der Waals surface area (Å²) in [4.78, 5) is 17.1. The fourth-order valence-corrected chi connectivity index (χ4v) is 2.84. The van der Waals surface area contributed by atoms with Crippen LogP contribution in [0.3, 0.4) is 0 Å². The van der Waals surface area contributed by atoms with E-state index in [1.165, 1.54) is 6.21 Å². The number of rotatable bonds is 10. The number of anilines is 1. The molecule has 0 bridgehead atoms. The summed E-state index contributed by atoms with van der Waals surface area (Å²) < 4.78 is 11.6. The van der Waals surface area contributed by atoms with Crippen molar-refractivity contribution in [2.45, 2.75) is 20.5 Å². The predicted octanol–water partition coefficient (Wildman–Crippen LogP) is 4.96. The lowest BCUT2D eigenvalue weighted by molar-refractivity contribution is -0.120. The third-order valence-electron chi connectivity index (χ3n) is 4.28. The van der Waals surface area contributed by atoms with E-state index in [1.807, 2.05) is 86.6 Å². The van der Waals surface area contributed by atoms with Gasteiger partial charge < -0.3 is 19.6 Å². The highest BCUT2D eigenvalue weighted by atomic mass is 16.6. The van der Waals surface area contributed by atoms with Crippen molar-refractivity contribution in [1.82, 2.24) is 0 Å². The Morgan fingerprint density at radius 1 is 0.968 bits per heavy atom. The first-order valence-electron chi connectivity index (χ1n) is 10.1. The van der Waals surface area contributed by atoms with Crippen LogP contribution in [0.4, 0.5) is 5.69 Å². The molecule has 0 aromatic heterocycles. The minimum Gasteiger partial charge on any atom is -0.490 e. The van der Waals surface area contributed by atoms with Crippen LogP contribution in [0.2, 0.25) is 0 Å². The third kappa shape index (κ3) is 7.19. The molecule has 1 N–H and O–H groups in total. The van der Waals surface area contributed by atoms with E-state index in [9.17, 15) is 4.79 Å². The van der Waals surface area contributed by atoms with Crippen molar-refractivity contribution in [2.75, 3.05) is 18.5 Å². The highest BCUT2D eigenvalue weighted by Gasteiger charge is 2.07. The zero-order valence-corrected chi connectivity index (χ0v) is 17.7. The molecular weight excluding hydrogens is 392 g/mol. The van der Waals surface area contributed by atoms with E-state index in [1.54, 1.807) is 0 Å². The lowest BCUT2D eigenvalue weighted by Crippen LogP contribution is -2.16. The maximum absolute atomic E-state index is 12.0. The second kappa shape index (κ2) is 11.4. The van der Waals surface area contributed by atoms with Crippen LogP contribution in [0.25, 0.3) is 0 Å². The van der Waals surface area contributed by atoms with Crippen LogP contribution in [0.5, 0.6) is 11.5 Å². The van der Waals surface area contributed by atoms with Crippen molar-refractivity contribution in [2.24, 2.45) is 5.16 Å². The Hall–Kier alpha value is -3.80. The number of aryl methyl sites for hydroxylation is 1. The minimum absolute atomic E-state index is 0.180. The number of carbonyl (C=O) groups is 1. The normalized spacial score (nSPS) is 10.6. The maximum atomic E-state index is 12.0. The van der Waals surface area contributed by atoms with Gasteiger partial charge in [0.15, 0.2) is 18.1 Å². The van der Waals surface area contributed by atoms with E-state index in [2.05, 4.69) is 10.5 Å². The van der Waals surface area contributed by atoms with Crippen LogP contribution in [0, 0.1) is 6.92 Å². The van der Waals surface area contributed by atoms with Gasteiger partial charge in [-0.1, -0.05) is 47.6 Å². The molecule has 0 aliphatic rings. The van der Waals surface area contributed by atoms with E-state index in [0.717, 1.165) is 22.4 Å². The van der Waals surface area contributed by atoms with Crippen molar-refractivity contribution in [3.05, 3.63) is 89.5 Å². The molecule has 3 aromatic rings. The summed E-state index contributed by atoms with van der Waals surface area (Å²) in [5, 5.41) is 6.65. The molecule has 0 spiro atoms. The molecule has 0 saturated heterocycles. The Balaban J connectivity index is 1.53. The van der Waals surface area contributed by atoms with Gasteiger partial charge in [0.25, 0.3) is 5.91 Å². The molecular formula is C25H26N2O4. The number of carbonyl (C=O) groups excluding carboxylic acids is 1. The second-order valence-electron chi connectivity index (χ2n) is 6.84. The minimum atomic E-state index is -0.276. The van der Waals surface area contributed by atoms with E-state index in [0.29, 0.717) is 24.7 Å². The Labute approximate surface area is 182 Å². The van der Waals surface area contributed by atoms with Crippen LogP contribution in [0.15, 0.2) is 78.0 Å². The summed E-state index contributed by atoms with van der Waals surface area (Å²) in [5.41, 5.74) is 3.64. The highest BCUT2D eigenvalue weighted by molar-refractivity contribution is 5.91. The summed E-state index contributed by atoms with van der Waals surface area (Å²) in [5.74, 6) is 1.00. The number of hydrogen-bond acceptors (Lipinski definition) is 5. The van der Waals surface area contributed by atoms with Gasteiger partial charge in [-0.3, -0.25) is 4.79 Å². The number of ether oxygens (including phenoxy) is 2. The van der Waals surface area contributed by atoms with Crippen molar-refractivity contribution >= 4 is 17.8 Å². The van der Waals surface area contributed by atoms with Crippen LogP contribution in [-0.4, -0.2) is 25.3 Å². The summed E-state index contributed by atoms with van der Waals surface area (Å²) in [7, 11) is 0. The molecule has 3 aromatic carbocycles. The first-order chi connectivity index (χ1) is 15.1. The average Bonchev–Trinajstić information content (AvgIpc) is 2.77. The van der Waals surface area contributed by atoms with Crippen LogP contribution >= 0.6 is 0 Å². The summed E-state index contributed by atoms with van der Waals surface area (Å²) in [6.45, 7) is 4.66. The van der Waals surface area contributed by atoms with Crippen molar-refractivity contribution in [3.8, 4) is 11.5 Å². The molecule has 31 heavy (non-hydrogen) atoms. The van der Waals surface area contributed by atoms with Crippen molar-refractivity contribution in [3.63, 3.8) is 0 Å². The molecule has 6 heteroatoms. The zero-order valence-electron chi connectivity index (χ0n) is 17.7. The second-order valence-corrected chi connectivity index (χ2v) is 6.84. The zero-order chi connectivity index (χ0) is 21.9. The van der Waals surface area contributed by atoms with Gasteiger partial charge in [-0.25, -0.2) is 0 Å². The topological polar surface area (TPSA) is 69.2 Å². The Morgan fingerprint density at radius 3 is 2.58 bits per heavy atom. The molecule has 0 aliphatic carbocycles. The van der Waals surface area contributed by atoms with Gasteiger partial charge >= 0.3 is 0 Å². The number of oxime groups is 1. The smallest absolute Gasteiger partial charge is 0.265 e. The largest absolute Gasteiger partial charge is 0.490 e. The molecule has 0 unspecified atom stereocenters. The molecule has 0 saturated carbocycles. The van der Waals surface area contributed by atoms with Gasteiger partial charge in [0.2, 0.25) is 0 Å². The molecule has 0 fully saturated rings. The fourth-order valence-electron chi connectivity index (χ4n) is 2.84. The SMILES string of the molecule is CCOc1cc(/C=N/OCC(=O)Nc2cccc(C)c2)ccc1OCc1ccccc1. The molecule has 3 rings (SSSR count). The third-order valence-corrected chi connectivity index (χ3v) is 4.28. The average molecular weight is 418 g/mol. The van der Waals surface area contributed by atoms with Crippen LogP contribution in [0.1, 0.15) is 23.6 Å². The lowest BCUT2D eigenvalue weighted by Gasteiger charge is -2.12. The van der Waals surface area contributed by atoms with Gasteiger partial charge in [0, 0.05) is 11.3 Å². The van der Waals surface area contributed by atoms with Crippen LogP contribution in [-0.2, 0) is 16.2 Å². The van der Waals surface area contributed by atoms with Gasteiger partial charge in [-0.2, -0.15) is 0 Å². The maximum Gasteiger partial charge on any atom is 0.265 e. The van der Waals surface area contributed by atoms with Gasteiger partial charge in [0.1, 0.15) is 6.61 Å². The lowest BCUT2D eigenvalue weighted by atomic mass is 10.2. The molecule has 160 valence electrons. The number of nitrogens with zero attached hydrogens (tertiary/aromatic N) is 1. The molecule has 0 radical (unpaired) electrons. The Morgan fingerprint density at radius 2 is 1.81 bits per heavy atom. The molecule has 0 atom stereocenters. The van der Waals surface area contributed by atoms with Crippen molar-refractivity contribution in [1.29, 1.82) is 0 Å². The van der Waals surface area contributed by atoms with E-state index in [4.69, 9.17) is 14.3 Å². The molecule has 0 heterocycles. The summed E-state index contributed by atoms with van der Waals surface area (Å²) >= 11 is 0. The van der Waals surface area contributed by atoms with E-state index < -0.39 is 0 Å². The standard InChI is InChI=1S/C25H26N2O4/c1-3-29-24-15-21(12-13-23(24)30-17-20-9-5-4-6-10-20)16-26-31-18-25(28)27-22-11-7-8-19(2)14-22/h4-16H,3,17-18H2,1-2H3,(H,27,28)/b26-16+. The molecule has 6 nitrogen and oxygen atoms in total. The highest BCUT2D eigenvalue weighted by Crippen LogP contribution is 2.29. The number of nitrogens with one attached hydrogen (secondary N) is 1. The van der Waals surface area contributed by atoms with Gasteiger partial charge in [0.05, 0.1) is 12.8 Å². The first-order valence-corrected chi connectivity index (χ1v) is 10.1. The summed E-state index contributed by atoms with van der Waals surface area (Å²) in [6, 6.07) is 23.0. The monoisotopic (exact) mass is 418 g/mol.